The third-order valence-corrected chi connectivity index (χ3v) is 4.44. The molecule has 0 saturated carbocycles. The van der Waals surface area contributed by atoms with Gasteiger partial charge in [0.1, 0.15) is 6.10 Å². The van der Waals surface area contributed by atoms with Gasteiger partial charge in [0.25, 0.3) is 0 Å². The van der Waals surface area contributed by atoms with Crippen LogP contribution in [0.25, 0.3) is 0 Å². The largest absolute Gasteiger partial charge is 0.370 e. The molecule has 0 aromatic rings. The summed E-state index contributed by atoms with van der Waals surface area (Å²) in [5.41, 5.74) is 0. The summed E-state index contributed by atoms with van der Waals surface area (Å²) >= 11 is 0. The van der Waals surface area contributed by atoms with E-state index in [0.29, 0.717) is 5.78 Å². The summed E-state index contributed by atoms with van der Waals surface area (Å²) in [6.07, 6.45) is 16.4. The fourth-order valence-corrected chi connectivity index (χ4v) is 3.03. The van der Waals surface area contributed by atoms with Gasteiger partial charge in [0, 0.05) is 19.4 Å². The van der Waals surface area contributed by atoms with Crippen LogP contribution in [0.15, 0.2) is 0 Å². The van der Waals surface area contributed by atoms with E-state index in [1.54, 1.807) is 0 Å². The Kier molecular flexibility index (Phi) is 12.1. The molecule has 1 aliphatic rings. The number of ketones is 1. The minimum absolute atomic E-state index is 0.0776. The van der Waals surface area contributed by atoms with E-state index in [0.717, 1.165) is 45.1 Å². The van der Waals surface area contributed by atoms with Crippen molar-refractivity contribution >= 4 is 5.78 Å². The Morgan fingerprint density at radius 2 is 1.59 bits per heavy atom. The van der Waals surface area contributed by atoms with Crippen molar-refractivity contribution in [2.24, 2.45) is 0 Å². The van der Waals surface area contributed by atoms with E-state index in [1.807, 2.05) is 6.92 Å². The van der Waals surface area contributed by atoms with Gasteiger partial charge in [-0.15, -0.1) is 11.8 Å². The molecule has 1 heterocycles. The van der Waals surface area contributed by atoms with E-state index in [-0.39, 0.29) is 6.10 Å². The fourth-order valence-electron chi connectivity index (χ4n) is 3.03. The molecule has 1 rings (SSSR count). The lowest BCUT2D eigenvalue weighted by atomic mass is 10.00. The second-order valence-electron chi connectivity index (χ2n) is 6.43. The van der Waals surface area contributed by atoms with Crippen molar-refractivity contribution in [1.29, 1.82) is 0 Å². The zero-order valence-electron chi connectivity index (χ0n) is 14.5. The second kappa shape index (κ2) is 13.8. The molecule has 1 saturated heterocycles. The molecular formula is C20H34O2. The number of hydrogen-bond acceptors (Lipinski definition) is 2. The van der Waals surface area contributed by atoms with Gasteiger partial charge in [0.2, 0.25) is 0 Å². The molecule has 0 radical (unpaired) electrons. The topological polar surface area (TPSA) is 26.3 Å². The van der Waals surface area contributed by atoms with Gasteiger partial charge in [0.05, 0.1) is 0 Å². The van der Waals surface area contributed by atoms with Gasteiger partial charge < -0.3 is 4.74 Å². The third kappa shape index (κ3) is 10.0. The third-order valence-electron chi connectivity index (χ3n) is 4.44. The van der Waals surface area contributed by atoms with Gasteiger partial charge in [-0.25, -0.2) is 0 Å². The van der Waals surface area contributed by atoms with Crippen LogP contribution in [0.2, 0.25) is 0 Å². The fraction of sp³-hybridized carbons (Fsp3) is 0.850. The predicted octanol–water partition coefficient (Wildman–Crippen LogP) is 5.44. The van der Waals surface area contributed by atoms with E-state index in [1.165, 1.54) is 51.4 Å². The van der Waals surface area contributed by atoms with Crippen LogP contribution in [0, 0.1) is 11.8 Å². The lowest BCUT2D eigenvalue weighted by molar-refractivity contribution is -0.133. The van der Waals surface area contributed by atoms with Gasteiger partial charge in [-0.2, -0.15) is 0 Å². The van der Waals surface area contributed by atoms with Crippen molar-refractivity contribution in [3.8, 4) is 11.8 Å². The average Bonchev–Trinajstić information content (AvgIpc) is 2.56. The van der Waals surface area contributed by atoms with Crippen molar-refractivity contribution in [1.82, 2.24) is 0 Å². The minimum atomic E-state index is -0.0776. The van der Waals surface area contributed by atoms with Crippen LogP contribution in [0.5, 0.6) is 0 Å². The van der Waals surface area contributed by atoms with Crippen LogP contribution >= 0.6 is 0 Å². The monoisotopic (exact) mass is 306 g/mol. The Morgan fingerprint density at radius 3 is 2.18 bits per heavy atom. The smallest absolute Gasteiger partial charge is 0.161 e. The maximum atomic E-state index is 11.9. The van der Waals surface area contributed by atoms with Crippen LogP contribution in [-0.2, 0) is 9.53 Å². The second-order valence-corrected chi connectivity index (χ2v) is 6.43. The number of rotatable bonds is 12. The number of carbonyl (C=O) groups excluding carboxylic acids is 1. The summed E-state index contributed by atoms with van der Waals surface area (Å²) in [4.78, 5) is 11.9. The van der Waals surface area contributed by atoms with Gasteiger partial charge in [-0.1, -0.05) is 44.9 Å². The minimum Gasteiger partial charge on any atom is -0.370 e. The number of ether oxygens (including phenoxy) is 1. The van der Waals surface area contributed by atoms with E-state index >= 15 is 0 Å². The predicted molar refractivity (Wildman–Crippen MR) is 92.8 cm³/mol. The highest BCUT2D eigenvalue weighted by molar-refractivity contribution is 5.83. The van der Waals surface area contributed by atoms with E-state index in [2.05, 4.69) is 11.8 Å². The molecule has 1 unspecified atom stereocenters. The Labute approximate surface area is 137 Å². The molecule has 0 aliphatic carbocycles. The lowest BCUT2D eigenvalue weighted by Crippen LogP contribution is -2.27. The van der Waals surface area contributed by atoms with Gasteiger partial charge in [-0.05, 0) is 39.0 Å². The molecule has 2 nitrogen and oxygen atoms in total. The van der Waals surface area contributed by atoms with Crippen LogP contribution in [0.4, 0.5) is 0 Å². The maximum Gasteiger partial charge on any atom is 0.161 e. The summed E-state index contributed by atoms with van der Waals surface area (Å²) in [5, 5.41) is 0. The summed E-state index contributed by atoms with van der Waals surface area (Å²) in [6, 6.07) is 0. The Balaban J connectivity index is 1.81. The zero-order chi connectivity index (χ0) is 15.9. The zero-order valence-corrected chi connectivity index (χ0v) is 14.5. The first-order valence-electron chi connectivity index (χ1n) is 9.38. The van der Waals surface area contributed by atoms with Crippen molar-refractivity contribution in [3.63, 3.8) is 0 Å². The van der Waals surface area contributed by atoms with Gasteiger partial charge >= 0.3 is 0 Å². The molecule has 2 heteroatoms. The number of carbonyl (C=O) groups is 1. The Hall–Kier alpha value is -0.810. The molecule has 0 aromatic heterocycles. The molecule has 1 atom stereocenters. The molecular weight excluding hydrogens is 272 g/mol. The molecule has 0 amide bonds. The molecule has 1 fully saturated rings. The maximum absolute atomic E-state index is 11.9. The summed E-state index contributed by atoms with van der Waals surface area (Å²) in [6.45, 7) is 2.69. The van der Waals surface area contributed by atoms with Crippen LogP contribution < -0.4 is 0 Å². The van der Waals surface area contributed by atoms with Crippen LogP contribution in [0.1, 0.15) is 96.8 Å². The molecule has 0 bridgehead atoms. The highest BCUT2D eigenvalue weighted by Gasteiger charge is 2.20. The summed E-state index contributed by atoms with van der Waals surface area (Å²) < 4.78 is 5.54. The van der Waals surface area contributed by atoms with Crippen molar-refractivity contribution in [2.75, 3.05) is 6.61 Å². The van der Waals surface area contributed by atoms with Gasteiger partial charge in [0.15, 0.2) is 5.78 Å². The van der Waals surface area contributed by atoms with Crippen molar-refractivity contribution in [3.05, 3.63) is 0 Å². The number of unbranched alkanes of at least 4 members (excludes halogenated alkanes) is 9. The molecule has 0 aromatic carbocycles. The summed E-state index contributed by atoms with van der Waals surface area (Å²) in [7, 11) is 0. The first kappa shape index (κ1) is 19.2. The molecule has 0 N–H and O–H groups in total. The van der Waals surface area contributed by atoms with E-state index in [9.17, 15) is 4.79 Å². The Bertz CT molecular complexity index is 331. The first-order chi connectivity index (χ1) is 10.8. The number of Topliss-reactive ketones (excluding diaryl/α,β-unsaturated/α-hetero) is 1. The Morgan fingerprint density at radius 1 is 0.955 bits per heavy atom. The van der Waals surface area contributed by atoms with E-state index in [4.69, 9.17) is 4.74 Å². The normalized spacial score (nSPS) is 17.8. The summed E-state index contributed by atoms with van der Waals surface area (Å²) in [5.74, 6) is 6.41. The molecule has 22 heavy (non-hydrogen) atoms. The standard InChI is InChI=1S/C20H34O2/c1-2-3-4-5-6-7-8-9-10-11-12-13-16-19(21)20-17-14-15-18-22-20/h20H,4-18H2,1H3. The van der Waals surface area contributed by atoms with Crippen LogP contribution in [0.3, 0.4) is 0 Å². The average molecular weight is 306 g/mol. The molecule has 126 valence electrons. The SMILES string of the molecule is CC#CCCCCCCCCCCCC(=O)C1CCCCO1. The van der Waals surface area contributed by atoms with Crippen LogP contribution in [-0.4, -0.2) is 18.5 Å². The molecule has 1 aliphatic heterocycles. The molecule has 0 spiro atoms. The van der Waals surface area contributed by atoms with Crippen molar-refractivity contribution < 1.29 is 9.53 Å². The van der Waals surface area contributed by atoms with E-state index < -0.39 is 0 Å². The highest BCUT2D eigenvalue weighted by atomic mass is 16.5. The number of hydrogen-bond donors (Lipinski definition) is 0. The van der Waals surface area contributed by atoms with Gasteiger partial charge in [-0.3, -0.25) is 4.79 Å². The first-order valence-corrected chi connectivity index (χ1v) is 9.38. The highest BCUT2D eigenvalue weighted by Crippen LogP contribution is 2.17. The lowest BCUT2D eigenvalue weighted by Gasteiger charge is -2.21. The van der Waals surface area contributed by atoms with Crippen molar-refractivity contribution in [2.45, 2.75) is 103 Å². The quantitative estimate of drug-likeness (QED) is 0.354.